The number of esters is 1. The van der Waals surface area contributed by atoms with Crippen LogP contribution in [0.25, 0.3) is 0 Å². The van der Waals surface area contributed by atoms with Gasteiger partial charge in [-0.2, -0.15) is 0 Å². The average Bonchev–Trinajstić information content (AvgIpc) is 2.59. The molecule has 1 aliphatic carbocycles. The number of ketones is 1. The van der Waals surface area contributed by atoms with Crippen molar-refractivity contribution in [1.82, 2.24) is 4.90 Å². The minimum Gasteiger partial charge on any atom is -0.464 e. The molecule has 1 heterocycles. The molecule has 27 heavy (non-hydrogen) atoms. The van der Waals surface area contributed by atoms with E-state index in [0.29, 0.717) is 38.3 Å². The second kappa shape index (κ2) is 9.07. The SMILES string of the molecule is CCC(CC)COC(=O)C1C[C@H]2CC(=O)CC[C@H]2CN1C(=O)OC(C)(C)C. The normalized spacial score (nSPS) is 25.9. The summed E-state index contributed by atoms with van der Waals surface area (Å²) in [5.41, 5.74) is -0.625. The first-order chi connectivity index (χ1) is 12.6. The highest BCUT2D eigenvalue weighted by atomic mass is 16.6. The maximum atomic E-state index is 12.8. The summed E-state index contributed by atoms with van der Waals surface area (Å²) < 4.78 is 11.1. The molecule has 1 saturated carbocycles. The molecule has 1 saturated heterocycles. The van der Waals surface area contributed by atoms with Crippen LogP contribution in [-0.4, -0.2) is 47.5 Å². The Morgan fingerprint density at radius 1 is 1.19 bits per heavy atom. The first-order valence-electron chi connectivity index (χ1n) is 10.3. The molecule has 6 nitrogen and oxygen atoms in total. The van der Waals surface area contributed by atoms with E-state index in [1.807, 2.05) is 20.8 Å². The molecule has 2 rings (SSSR count). The summed E-state index contributed by atoms with van der Waals surface area (Å²) in [6, 6.07) is -0.665. The molecule has 6 heteroatoms. The van der Waals surface area contributed by atoms with E-state index in [9.17, 15) is 14.4 Å². The second-order valence-electron chi connectivity index (χ2n) is 9.00. The predicted octanol–water partition coefficient (Wildman–Crippen LogP) is 3.96. The van der Waals surface area contributed by atoms with Crippen molar-refractivity contribution >= 4 is 17.8 Å². The number of likely N-dealkylation sites (tertiary alicyclic amines) is 1. The summed E-state index contributed by atoms with van der Waals surface area (Å²) in [5.74, 6) is 0.612. The standard InChI is InChI=1S/C21H35NO5/c1-6-14(7-2)13-26-19(24)18-11-16-10-17(23)9-8-15(16)12-22(18)20(25)27-21(3,4)5/h14-16,18H,6-13H2,1-5H3/t15-,16+,18?/m0/s1. The van der Waals surface area contributed by atoms with Gasteiger partial charge in [0, 0.05) is 19.4 Å². The molecule has 154 valence electrons. The van der Waals surface area contributed by atoms with Gasteiger partial charge in [0.1, 0.15) is 17.4 Å². The molecule has 0 bridgehead atoms. The van der Waals surface area contributed by atoms with E-state index >= 15 is 0 Å². The highest BCUT2D eigenvalue weighted by Gasteiger charge is 2.45. The second-order valence-corrected chi connectivity index (χ2v) is 9.00. The van der Waals surface area contributed by atoms with Gasteiger partial charge in [-0.25, -0.2) is 9.59 Å². The monoisotopic (exact) mass is 381 g/mol. The average molecular weight is 382 g/mol. The first kappa shape index (κ1) is 21.7. The molecular formula is C21H35NO5. The molecule has 3 atom stereocenters. The first-order valence-corrected chi connectivity index (χ1v) is 10.3. The van der Waals surface area contributed by atoms with Crippen LogP contribution in [-0.2, 0) is 19.1 Å². The van der Waals surface area contributed by atoms with Crippen LogP contribution >= 0.6 is 0 Å². The molecule has 1 unspecified atom stereocenters. The van der Waals surface area contributed by atoms with E-state index in [2.05, 4.69) is 13.8 Å². The Kier molecular flexibility index (Phi) is 7.29. The van der Waals surface area contributed by atoms with Gasteiger partial charge in [-0.15, -0.1) is 0 Å². The molecule has 2 fully saturated rings. The van der Waals surface area contributed by atoms with E-state index in [-0.39, 0.29) is 23.6 Å². The fraction of sp³-hybridized carbons (Fsp3) is 0.857. The van der Waals surface area contributed by atoms with Crippen molar-refractivity contribution in [2.75, 3.05) is 13.2 Å². The van der Waals surface area contributed by atoms with E-state index in [0.717, 1.165) is 19.3 Å². The van der Waals surface area contributed by atoms with Crippen molar-refractivity contribution in [3.8, 4) is 0 Å². The lowest BCUT2D eigenvalue weighted by atomic mass is 9.72. The number of amides is 1. The van der Waals surface area contributed by atoms with Gasteiger partial charge >= 0.3 is 12.1 Å². The van der Waals surface area contributed by atoms with Gasteiger partial charge in [-0.3, -0.25) is 9.69 Å². The van der Waals surface area contributed by atoms with E-state index in [1.165, 1.54) is 4.90 Å². The topological polar surface area (TPSA) is 72.9 Å². The Morgan fingerprint density at radius 2 is 1.85 bits per heavy atom. The van der Waals surface area contributed by atoms with Crippen LogP contribution in [0.15, 0.2) is 0 Å². The van der Waals surface area contributed by atoms with Crippen molar-refractivity contribution in [3.05, 3.63) is 0 Å². The molecule has 0 aromatic carbocycles. The fourth-order valence-corrected chi connectivity index (χ4v) is 4.02. The molecule has 2 aliphatic rings. The van der Waals surface area contributed by atoms with Gasteiger partial charge in [-0.1, -0.05) is 26.7 Å². The van der Waals surface area contributed by atoms with Crippen molar-refractivity contribution < 1.29 is 23.9 Å². The summed E-state index contributed by atoms with van der Waals surface area (Å²) in [6.45, 7) is 10.4. The maximum absolute atomic E-state index is 12.8. The van der Waals surface area contributed by atoms with Crippen molar-refractivity contribution in [1.29, 1.82) is 0 Å². The fourth-order valence-electron chi connectivity index (χ4n) is 4.02. The number of nitrogens with zero attached hydrogens (tertiary/aromatic N) is 1. The molecule has 0 spiro atoms. The molecule has 1 aliphatic heterocycles. The minimum atomic E-state index is -0.665. The number of Topliss-reactive ketones (excluding diaryl/α,β-unsaturated/α-hetero) is 1. The van der Waals surface area contributed by atoms with Gasteiger partial charge < -0.3 is 9.47 Å². The van der Waals surface area contributed by atoms with Crippen LogP contribution in [0.2, 0.25) is 0 Å². The zero-order valence-electron chi connectivity index (χ0n) is 17.5. The molecule has 1 amide bonds. The lowest BCUT2D eigenvalue weighted by Gasteiger charge is -2.44. The van der Waals surface area contributed by atoms with Crippen molar-refractivity contribution in [3.63, 3.8) is 0 Å². The lowest BCUT2D eigenvalue weighted by molar-refractivity contribution is -0.155. The van der Waals surface area contributed by atoms with Crippen LogP contribution in [0.5, 0.6) is 0 Å². The van der Waals surface area contributed by atoms with Gasteiger partial charge in [0.2, 0.25) is 0 Å². The molecule has 0 N–H and O–H groups in total. The number of hydrogen-bond donors (Lipinski definition) is 0. The number of carbonyl (C=O) groups excluding carboxylic acids is 3. The largest absolute Gasteiger partial charge is 0.464 e. The van der Waals surface area contributed by atoms with Gasteiger partial charge in [-0.05, 0) is 51.4 Å². The minimum absolute atomic E-state index is 0.149. The molecular weight excluding hydrogens is 346 g/mol. The summed E-state index contributed by atoms with van der Waals surface area (Å²) in [4.78, 5) is 39.0. The Labute approximate surface area is 162 Å². The molecule has 0 aromatic heterocycles. The van der Waals surface area contributed by atoms with Crippen molar-refractivity contribution in [2.45, 2.75) is 84.8 Å². The van der Waals surface area contributed by atoms with Crippen LogP contribution < -0.4 is 0 Å². The quantitative estimate of drug-likeness (QED) is 0.674. The van der Waals surface area contributed by atoms with Crippen LogP contribution in [0.4, 0.5) is 4.79 Å². The number of fused-ring (bicyclic) bond motifs is 1. The Morgan fingerprint density at radius 3 is 2.44 bits per heavy atom. The maximum Gasteiger partial charge on any atom is 0.411 e. The van der Waals surface area contributed by atoms with Crippen LogP contribution in [0.1, 0.15) is 73.1 Å². The summed E-state index contributed by atoms with van der Waals surface area (Å²) in [5, 5.41) is 0. The van der Waals surface area contributed by atoms with E-state index < -0.39 is 17.7 Å². The van der Waals surface area contributed by atoms with Crippen molar-refractivity contribution in [2.24, 2.45) is 17.8 Å². The zero-order valence-corrected chi connectivity index (χ0v) is 17.5. The van der Waals surface area contributed by atoms with Gasteiger partial charge in [0.15, 0.2) is 0 Å². The van der Waals surface area contributed by atoms with E-state index in [1.54, 1.807) is 0 Å². The third kappa shape index (κ3) is 5.94. The molecule has 0 radical (unpaired) electrons. The Bertz CT molecular complexity index is 549. The molecule has 0 aromatic rings. The highest BCUT2D eigenvalue weighted by Crippen LogP contribution is 2.38. The summed E-state index contributed by atoms with van der Waals surface area (Å²) in [6.07, 6.45) is 3.75. The van der Waals surface area contributed by atoms with Gasteiger partial charge in [0.05, 0.1) is 6.61 Å². The third-order valence-electron chi connectivity index (χ3n) is 5.80. The van der Waals surface area contributed by atoms with Crippen LogP contribution in [0.3, 0.4) is 0 Å². The highest BCUT2D eigenvalue weighted by molar-refractivity contribution is 5.83. The lowest BCUT2D eigenvalue weighted by Crippen LogP contribution is -2.56. The predicted molar refractivity (Wildman–Crippen MR) is 102 cm³/mol. The number of carbonyl (C=O) groups is 3. The third-order valence-corrected chi connectivity index (χ3v) is 5.80. The smallest absolute Gasteiger partial charge is 0.411 e. The number of piperidine rings is 1. The van der Waals surface area contributed by atoms with Crippen LogP contribution in [0, 0.1) is 17.8 Å². The van der Waals surface area contributed by atoms with Gasteiger partial charge in [0.25, 0.3) is 0 Å². The summed E-state index contributed by atoms with van der Waals surface area (Å²) >= 11 is 0. The summed E-state index contributed by atoms with van der Waals surface area (Å²) in [7, 11) is 0. The number of ether oxygens (including phenoxy) is 2. The number of rotatable bonds is 5. The Hall–Kier alpha value is -1.59. The Balaban J connectivity index is 2.12. The number of hydrogen-bond acceptors (Lipinski definition) is 5. The zero-order chi connectivity index (χ0) is 20.2. The van der Waals surface area contributed by atoms with E-state index in [4.69, 9.17) is 9.47 Å².